The number of hydrogen-bond donors (Lipinski definition) is 2. The van der Waals surface area contributed by atoms with Crippen molar-refractivity contribution in [2.24, 2.45) is 0 Å². The van der Waals surface area contributed by atoms with E-state index in [1.165, 1.54) is 7.11 Å². The highest BCUT2D eigenvalue weighted by molar-refractivity contribution is 5.81. The molecule has 0 rings (SSSR count). The van der Waals surface area contributed by atoms with Crippen LogP contribution in [0.1, 0.15) is 19.8 Å². The maximum atomic E-state index is 11.5. The van der Waals surface area contributed by atoms with E-state index >= 15 is 0 Å². The summed E-state index contributed by atoms with van der Waals surface area (Å²) in [6, 6.07) is -0.274. The Bertz CT molecular complexity index is 234. The van der Waals surface area contributed by atoms with Crippen molar-refractivity contribution in [3.05, 3.63) is 0 Å². The molecule has 0 aliphatic carbocycles. The van der Waals surface area contributed by atoms with Crippen molar-refractivity contribution in [2.75, 3.05) is 33.9 Å². The zero-order valence-electron chi connectivity index (χ0n) is 10.7. The second kappa shape index (κ2) is 10.0. The minimum atomic E-state index is -0.274. The monoisotopic (exact) mass is 246 g/mol. The van der Waals surface area contributed by atoms with Crippen LogP contribution in [0.25, 0.3) is 0 Å². The van der Waals surface area contributed by atoms with E-state index < -0.39 is 0 Å². The number of amides is 1. The lowest BCUT2D eigenvalue weighted by Gasteiger charge is -2.13. The van der Waals surface area contributed by atoms with Crippen molar-refractivity contribution in [1.82, 2.24) is 10.6 Å². The fourth-order valence-corrected chi connectivity index (χ4v) is 1.18. The first kappa shape index (κ1) is 15.9. The van der Waals surface area contributed by atoms with Gasteiger partial charge in [0.25, 0.3) is 0 Å². The minimum absolute atomic E-state index is 0.0693. The molecule has 0 radical (unpaired) electrons. The number of methoxy groups -OCH3 is 2. The molecule has 0 aliphatic rings. The van der Waals surface area contributed by atoms with Crippen LogP contribution < -0.4 is 10.6 Å². The summed E-state index contributed by atoms with van der Waals surface area (Å²) in [5.74, 6) is -0.302. The summed E-state index contributed by atoms with van der Waals surface area (Å²) in [4.78, 5) is 22.3. The molecule has 0 fully saturated rings. The summed E-state index contributed by atoms with van der Waals surface area (Å²) >= 11 is 0. The highest BCUT2D eigenvalue weighted by Gasteiger charge is 2.10. The predicted octanol–water partition coefficient (Wildman–Crippen LogP) is -0.320. The van der Waals surface area contributed by atoms with Crippen LogP contribution in [0.5, 0.6) is 0 Å². The van der Waals surface area contributed by atoms with Gasteiger partial charge in [0, 0.05) is 20.1 Å². The normalized spacial score (nSPS) is 11.9. The molecule has 0 spiro atoms. The highest BCUT2D eigenvalue weighted by atomic mass is 16.5. The van der Waals surface area contributed by atoms with Crippen molar-refractivity contribution < 1.29 is 19.1 Å². The Hall–Kier alpha value is -1.14. The molecule has 100 valence electrons. The molecule has 0 bridgehead atoms. The van der Waals surface area contributed by atoms with Crippen LogP contribution in [-0.4, -0.2) is 51.8 Å². The Morgan fingerprint density at radius 2 is 1.94 bits per heavy atom. The van der Waals surface area contributed by atoms with Gasteiger partial charge in [0.1, 0.15) is 0 Å². The largest absolute Gasteiger partial charge is 0.469 e. The van der Waals surface area contributed by atoms with Crippen molar-refractivity contribution in [3.8, 4) is 0 Å². The average molecular weight is 246 g/mol. The summed E-state index contributed by atoms with van der Waals surface area (Å²) in [6.07, 6.45) is 1.02. The second-order valence-corrected chi connectivity index (χ2v) is 3.64. The third-order valence-electron chi connectivity index (χ3n) is 2.23. The average Bonchev–Trinajstić information content (AvgIpc) is 2.34. The van der Waals surface area contributed by atoms with E-state index in [2.05, 4.69) is 15.4 Å². The van der Waals surface area contributed by atoms with Crippen molar-refractivity contribution in [3.63, 3.8) is 0 Å². The molecule has 0 aliphatic heterocycles. The number of carbonyl (C=O) groups is 2. The Balaban J connectivity index is 3.53. The SMILES string of the molecule is COCCNC(=O)C(C)NCCCC(=O)OC. The van der Waals surface area contributed by atoms with Crippen LogP contribution in [-0.2, 0) is 19.1 Å². The van der Waals surface area contributed by atoms with Crippen molar-refractivity contribution >= 4 is 11.9 Å². The van der Waals surface area contributed by atoms with Crippen LogP contribution in [0.4, 0.5) is 0 Å². The molecule has 17 heavy (non-hydrogen) atoms. The first-order chi connectivity index (χ1) is 8.11. The topological polar surface area (TPSA) is 76.7 Å². The van der Waals surface area contributed by atoms with Gasteiger partial charge in [-0.25, -0.2) is 0 Å². The van der Waals surface area contributed by atoms with Crippen molar-refractivity contribution in [1.29, 1.82) is 0 Å². The first-order valence-electron chi connectivity index (χ1n) is 5.68. The predicted molar refractivity (Wildman–Crippen MR) is 63.6 cm³/mol. The molecular formula is C11H22N2O4. The number of carbonyl (C=O) groups excluding carboxylic acids is 2. The van der Waals surface area contributed by atoms with Gasteiger partial charge in [-0.1, -0.05) is 0 Å². The van der Waals surface area contributed by atoms with Crippen LogP contribution in [0, 0.1) is 0 Å². The van der Waals surface area contributed by atoms with Gasteiger partial charge in [-0.05, 0) is 19.9 Å². The first-order valence-corrected chi connectivity index (χ1v) is 5.68. The lowest BCUT2D eigenvalue weighted by Crippen LogP contribution is -2.43. The summed E-state index contributed by atoms with van der Waals surface area (Å²) < 4.78 is 9.33. The van der Waals surface area contributed by atoms with E-state index in [1.54, 1.807) is 14.0 Å². The summed E-state index contributed by atoms with van der Waals surface area (Å²) in [5, 5.41) is 5.75. The van der Waals surface area contributed by atoms with E-state index in [0.717, 1.165) is 0 Å². The van der Waals surface area contributed by atoms with Gasteiger partial charge in [-0.3, -0.25) is 9.59 Å². The van der Waals surface area contributed by atoms with E-state index in [0.29, 0.717) is 32.5 Å². The summed E-state index contributed by atoms with van der Waals surface area (Å²) in [7, 11) is 2.95. The maximum absolute atomic E-state index is 11.5. The molecule has 2 N–H and O–H groups in total. The van der Waals surface area contributed by atoms with Gasteiger partial charge in [-0.15, -0.1) is 0 Å². The maximum Gasteiger partial charge on any atom is 0.305 e. The van der Waals surface area contributed by atoms with E-state index in [4.69, 9.17) is 4.74 Å². The zero-order valence-corrected chi connectivity index (χ0v) is 10.7. The molecule has 1 amide bonds. The molecule has 0 heterocycles. The molecular weight excluding hydrogens is 224 g/mol. The highest BCUT2D eigenvalue weighted by Crippen LogP contribution is 1.91. The molecule has 0 aromatic carbocycles. The van der Waals surface area contributed by atoms with Crippen LogP contribution in [0.3, 0.4) is 0 Å². The molecule has 0 aromatic heterocycles. The Morgan fingerprint density at radius 3 is 2.53 bits per heavy atom. The van der Waals surface area contributed by atoms with Crippen LogP contribution in [0.15, 0.2) is 0 Å². The van der Waals surface area contributed by atoms with Crippen molar-refractivity contribution in [2.45, 2.75) is 25.8 Å². The van der Waals surface area contributed by atoms with Gasteiger partial charge in [0.15, 0.2) is 0 Å². The quantitative estimate of drug-likeness (QED) is 0.431. The molecule has 1 unspecified atom stereocenters. The number of nitrogens with one attached hydrogen (secondary N) is 2. The van der Waals surface area contributed by atoms with Gasteiger partial charge < -0.3 is 20.1 Å². The fraction of sp³-hybridized carbons (Fsp3) is 0.818. The van der Waals surface area contributed by atoms with Gasteiger partial charge in [0.2, 0.25) is 5.91 Å². The third-order valence-corrected chi connectivity index (χ3v) is 2.23. The number of rotatable bonds is 9. The fourth-order valence-electron chi connectivity index (χ4n) is 1.18. The Kier molecular flexibility index (Phi) is 9.37. The number of esters is 1. The molecule has 0 saturated carbocycles. The van der Waals surface area contributed by atoms with E-state index in [-0.39, 0.29) is 17.9 Å². The minimum Gasteiger partial charge on any atom is -0.469 e. The molecule has 0 saturated heterocycles. The lowest BCUT2D eigenvalue weighted by molar-refractivity contribution is -0.140. The third kappa shape index (κ3) is 8.65. The van der Waals surface area contributed by atoms with Crippen LogP contribution in [0.2, 0.25) is 0 Å². The van der Waals surface area contributed by atoms with Crippen LogP contribution >= 0.6 is 0 Å². The summed E-state index contributed by atoms with van der Waals surface area (Å²) in [6.45, 7) is 3.39. The molecule has 6 heteroatoms. The second-order valence-electron chi connectivity index (χ2n) is 3.64. The van der Waals surface area contributed by atoms with Gasteiger partial charge in [-0.2, -0.15) is 0 Å². The molecule has 1 atom stereocenters. The summed E-state index contributed by atoms with van der Waals surface area (Å²) in [5.41, 5.74) is 0. The standard InChI is InChI=1S/C11H22N2O4/c1-9(11(15)13-7-8-16-2)12-6-4-5-10(14)17-3/h9,12H,4-8H2,1-3H3,(H,13,15). The smallest absolute Gasteiger partial charge is 0.305 e. The molecule has 0 aromatic rings. The van der Waals surface area contributed by atoms with Gasteiger partial charge in [0.05, 0.1) is 19.8 Å². The Labute approximate surface area is 102 Å². The number of ether oxygens (including phenoxy) is 2. The van der Waals surface area contributed by atoms with E-state index in [1.807, 2.05) is 0 Å². The Morgan fingerprint density at radius 1 is 1.24 bits per heavy atom. The van der Waals surface area contributed by atoms with Gasteiger partial charge >= 0.3 is 5.97 Å². The molecule has 6 nitrogen and oxygen atoms in total. The number of hydrogen-bond acceptors (Lipinski definition) is 5. The van der Waals surface area contributed by atoms with E-state index in [9.17, 15) is 9.59 Å². The zero-order chi connectivity index (χ0) is 13.1. The lowest BCUT2D eigenvalue weighted by atomic mass is 10.2.